The van der Waals surface area contributed by atoms with Crippen molar-refractivity contribution in [1.29, 1.82) is 0 Å². The average Bonchev–Trinajstić information content (AvgIpc) is 2.71. The Morgan fingerprint density at radius 3 is 2.44 bits per heavy atom. The number of hydrogen-bond acceptors (Lipinski definition) is 5. The van der Waals surface area contributed by atoms with Crippen LogP contribution in [0.3, 0.4) is 0 Å². The van der Waals surface area contributed by atoms with Gasteiger partial charge in [-0.1, -0.05) is 23.7 Å². The molecule has 3 rings (SSSR count). The Morgan fingerprint density at radius 2 is 1.81 bits per heavy atom. The van der Waals surface area contributed by atoms with E-state index in [1.807, 2.05) is 0 Å². The predicted molar refractivity (Wildman–Crippen MR) is 114 cm³/mol. The van der Waals surface area contributed by atoms with Crippen LogP contribution >= 0.6 is 11.6 Å². The number of nitrogens with one attached hydrogen (secondary N) is 1. The van der Waals surface area contributed by atoms with Crippen molar-refractivity contribution >= 4 is 33.1 Å². The normalized spacial score (nSPS) is 20.2. The molecule has 0 spiro atoms. The van der Waals surface area contributed by atoms with E-state index in [1.54, 1.807) is 13.8 Å². The quantitative estimate of drug-likeness (QED) is 0.605. The molecule has 174 valence electrons. The van der Waals surface area contributed by atoms with Gasteiger partial charge in [0, 0.05) is 24.3 Å². The molecule has 0 amide bonds. The summed E-state index contributed by atoms with van der Waals surface area (Å²) in [5, 5.41) is 2.19. The fraction of sp³-hybridized carbons (Fsp3) is 0.381. The first-order chi connectivity index (χ1) is 14.9. The van der Waals surface area contributed by atoms with E-state index >= 15 is 0 Å². The number of hydrogen-bond donors (Lipinski definition) is 1. The smallest absolute Gasteiger partial charge is 0.378 e. The molecule has 1 aliphatic rings. The summed E-state index contributed by atoms with van der Waals surface area (Å²) in [6, 6.07) is 8.82. The topological polar surface area (TPSA) is 75.7 Å². The molecule has 1 aliphatic heterocycles. The number of benzene rings is 2. The minimum atomic E-state index is -4.63. The summed E-state index contributed by atoms with van der Waals surface area (Å²) in [7, 11) is -3.84. The van der Waals surface area contributed by atoms with Crippen LogP contribution in [0, 0.1) is 0 Å². The largest absolute Gasteiger partial charge is 0.417 e. The minimum Gasteiger partial charge on any atom is -0.378 e. The van der Waals surface area contributed by atoms with Gasteiger partial charge in [0.1, 0.15) is 0 Å². The van der Waals surface area contributed by atoms with Crippen molar-refractivity contribution in [1.82, 2.24) is 4.31 Å². The number of anilines is 1. The summed E-state index contributed by atoms with van der Waals surface area (Å²) >= 11 is 5.60. The number of halogens is 4. The van der Waals surface area contributed by atoms with Gasteiger partial charge in [-0.15, -0.1) is 0 Å². The number of rotatable bonds is 6. The highest BCUT2D eigenvalue weighted by atomic mass is 35.5. The lowest BCUT2D eigenvalue weighted by Crippen LogP contribution is -2.48. The number of ketones is 1. The van der Waals surface area contributed by atoms with Gasteiger partial charge in [0.25, 0.3) is 0 Å². The molecule has 1 fully saturated rings. The Balaban J connectivity index is 1.75. The van der Waals surface area contributed by atoms with Gasteiger partial charge in [0.05, 0.1) is 34.2 Å². The number of Topliss-reactive ketones (excluding diaryl/α,β-unsaturated/α-hetero) is 1. The number of carbonyl (C=O) groups excluding carboxylic acids is 1. The van der Waals surface area contributed by atoms with E-state index in [0.29, 0.717) is 0 Å². The van der Waals surface area contributed by atoms with Crippen LogP contribution in [-0.4, -0.2) is 50.3 Å². The molecular formula is C21H22ClF3N2O4S. The molecular weight excluding hydrogens is 469 g/mol. The molecule has 2 aromatic rings. The zero-order chi connectivity index (χ0) is 23.7. The number of ether oxygens (including phenoxy) is 1. The van der Waals surface area contributed by atoms with Crippen LogP contribution in [0.4, 0.5) is 18.9 Å². The molecule has 2 atom stereocenters. The van der Waals surface area contributed by atoms with Gasteiger partial charge in [-0.05, 0) is 44.2 Å². The Bertz CT molecular complexity index is 1100. The molecule has 32 heavy (non-hydrogen) atoms. The first-order valence-corrected chi connectivity index (χ1v) is 11.6. The van der Waals surface area contributed by atoms with E-state index in [0.717, 1.165) is 12.1 Å². The van der Waals surface area contributed by atoms with E-state index < -0.39 is 32.6 Å². The molecule has 0 aliphatic carbocycles. The number of carbonyl (C=O) groups is 1. The molecule has 0 aromatic heterocycles. The van der Waals surface area contributed by atoms with E-state index in [1.165, 1.54) is 34.6 Å². The van der Waals surface area contributed by atoms with Crippen molar-refractivity contribution < 1.29 is 31.1 Å². The van der Waals surface area contributed by atoms with Crippen molar-refractivity contribution in [2.45, 2.75) is 37.1 Å². The van der Waals surface area contributed by atoms with Gasteiger partial charge in [-0.25, -0.2) is 8.42 Å². The standard InChI is InChI=1S/C21H22ClF3N2O4S/c1-13-11-27(12-14(2)31-13)32(29,30)17-5-3-4-15(8-17)20(28)10-26-16-6-7-19(22)18(9-16)21(23,24)25/h3-9,13-14,26H,10-12H2,1-2H3. The van der Waals surface area contributed by atoms with Crippen LogP contribution in [0.5, 0.6) is 0 Å². The van der Waals surface area contributed by atoms with Crippen LogP contribution in [-0.2, 0) is 20.9 Å². The van der Waals surface area contributed by atoms with Crippen molar-refractivity contribution in [2.24, 2.45) is 0 Å². The molecule has 1 saturated heterocycles. The highest BCUT2D eigenvalue weighted by molar-refractivity contribution is 7.89. The first-order valence-electron chi connectivity index (χ1n) is 9.77. The molecule has 0 saturated carbocycles. The van der Waals surface area contributed by atoms with Crippen LogP contribution < -0.4 is 5.32 Å². The Hall–Kier alpha value is -2.14. The summed E-state index contributed by atoms with van der Waals surface area (Å²) in [5.41, 5.74) is -0.827. The van der Waals surface area contributed by atoms with Crippen molar-refractivity contribution in [3.8, 4) is 0 Å². The fourth-order valence-corrected chi connectivity index (χ4v) is 5.30. The summed E-state index contributed by atoms with van der Waals surface area (Å²) in [5.74, 6) is -0.478. The van der Waals surface area contributed by atoms with Crippen LogP contribution in [0.15, 0.2) is 47.4 Å². The van der Waals surface area contributed by atoms with Crippen LogP contribution in [0.25, 0.3) is 0 Å². The minimum absolute atomic E-state index is 0.0319. The average molecular weight is 491 g/mol. The maximum atomic E-state index is 13.0. The molecule has 2 aromatic carbocycles. The summed E-state index contributed by atoms with van der Waals surface area (Å²) in [6.07, 6.45) is -5.15. The zero-order valence-corrected chi connectivity index (χ0v) is 18.9. The number of alkyl halides is 3. The fourth-order valence-electron chi connectivity index (χ4n) is 3.44. The Labute approximate surface area is 189 Å². The monoisotopic (exact) mass is 490 g/mol. The van der Waals surface area contributed by atoms with E-state index in [-0.39, 0.29) is 48.0 Å². The lowest BCUT2D eigenvalue weighted by molar-refractivity contribution is -0.137. The molecule has 1 N–H and O–H groups in total. The maximum absolute atomic E-state index is 13.0. The van der Waals surface area contributed by atoms with Gasteiger partial charge in [-0.3, -0.25) is 4.79 Å². The SMILES string of the molecule is CC1CN(S(=O)(=O)c2cccc(C(=O)CNc3ccc(Cl)c(C(F)(F)F)c3)c2)CC(C)O1. The lowest BCUT2D eigenvalue weighted by Gasteiger charge is -2.34. The third-order valence-electron chi connectivity index (χ3n) is 4.90. The van der Waals surface area contributed by atoms with Gasteiger partial charge in [0.2, 0.25) is 10.0 Å². The second-order valence-corrected chi connectivity index (χ2v) is 9.92. The van der Waals surface area contributed by atoms with Gasteiger partial charge >= 0.3 is 6.18 Å². The lowest BCUT2D eigenvalue weighted by atomic mass is 10.1. The summed E-state index contributed by atoms with van der Waals surface area (Å²) in [6.45, 7) is 3.64. The molecule has 1 heterocycles. The highest BCUT2D eigenvalue weighted by Crippen LogP contribution is 2.36. The van der Waals surface area contributed by atoms with Crippen molar-refractivity contribution in [3.63, 3.8) is 0 Å². The third kappa shape index (κ3) is 5.61. The van der Waals surface area contributed by atoms with E-state index in [2.05, 4.69) is 5.32 Å². The zero-order valence-electron chi connectivity index (χ0n) is 17.3. The Kier molecular flexibility index (Phi) is 7.18. The van der Waals surface area contributed by atoms with Gasteiger partial charge in [0.15, 0.2) is 5.78 Å². The van der Waals surface area contributed by atoms with Crippen molar-refractivity contribution in [3.05, 3.63) is 58.6 Å². The summed E-state index contributed by atoms with van der Waals surface area (Å²) < 4.78 is 71.9. The third-order valence-corrected chi connectivity index (χ3v) is 7.06. The molecule has 0 radical (unpaired) electrons. The molecule has 6 nitrogen and oxygen atoms in total. The van der Waals surface area contributed by atoms with E-state index in [9.17, 15) is 26.4 Å². The molecule has 0 bridgehead atoms. The van der Waals surface area contributed by atoms with Crippen LogP contribution in [0.2, 0.25) is 5.02 Å². The van der Waals surface area contributed by atoms with Crippen molar-refractivity contribution in [2.75, 3.05) is 25.0 Å². The molecule has 2 unspecified atom stereocenters. The predicted octanol–water partition coefficient (Wildman–Crippen LogP) is 4.45. The second kappa shape index (κ2) is 9.38. The van der Waals surface area contributed by atoms with E-state index in [4.69, 9.17) is 16.3 Å². The number of nitrogens with zero attached hydrogens (tertiary/aromatic N) is 1. The van der Waals surface area contributed by atoms with Gasteiger partial charge < -0.3 is 10.1 Å². The maximum Gasteiger partial charge on any atom is 0.417 e. The van der Waals surface area contributed by atoms with Crippen LogP contribution in [0.1, 0.15) is 29.8 Å². The second-order valence-electron chi connectivity index (χ2n) is 7.58. The first kappa shape index (κ1) is 24.5. The van der Waals surface area contributed by atoms with Gasteiger partial charge in [-0.2, -0.15) is 17.5 Å². The highest BCUT2D eigenvalue weighted by Gasteiger charge is 2.34. The number of sulfonamides is 1. The molecule has 11 heteroatoms. The number of morpholine rings is 1. The summed E-state index contributed by atoms with van der Waals surface area (Å²) in [4.78, 5) is 12.6. The Morgan fingerprint density at radius 1 is 1.16 bits per heavy atom.